The fraction of sp³-hybridized carbons (Fsp3) is 0.100. The smallest absolute Gasteiger partial charge is 0.419 e. The van der Waals surface area contributed by atoms with Crippen molar-refractivity contribution in [1.29, 1.82) is 0 Å². The van der Waals surface area contributed by atoms with Crippen LogP contribution in [0.1, 0.15) is 21.5 Å². The van der Waals surface area contributed by atoms with E-state index in [1.807, 2.05) is 0 Å². The molecule has 9 heteroatoms. The van der Waals surface area contributed by atoms with Crippen molar-refractivity contribution in [3.63, 3.8) is 0 Å². The Labute approximate surface area is 163 Å². The predicted octanol–water partition coefficient (Wildman–Crippen LogP) is 4.54. The molecule has 2 aromatic carbocycles. The maximum absolute atomic E-state index is 13.3. The van der Waals surface area contributed by atoms with Gasteiger partial charge >= 0.3 is 6.18 Å². The van der Waals surface area contributed by atoms with Crippen molar-refractivity contribution in [3.8, 4) is 11.5 Å². The summed E-state index contributed by atoms with van der Waals surface area (Å²) in [7, 11) is 0. The van der Waals surface area contributed by atoms with Gasteiger partial charge in [-0.05, 0) is 48.0 Å². The number of carbonyl (C=O) groups is 1. The third-order valence-electron chi connectivity index (χ3n) is 3.94. The van der Waals surface area contributed by atoms with Crippen molar-refractivity contribution in [1.82, 2.24) is 10.3 Å². The lowest BCUT2D eigenvalue weighted by Crippen LogP contribution is -2.24. The number of rotatable bonds is 5. The number of halogens is 4. The van der Waals surface area contributed by atoms with E-state index in [0.29, 0.717) is 12.1 Å². The summed E-state index contributed by atoms with van der Waals surface area (Å²) < 4.78 is 57.0. The Morgan fingerprint density at radius 2 is 1.76 bits per heavy atom. The first-order chi connectivity index (χ1) is 13.7. The number of alkyl halides is 3. The van der Waals surface area contributed by atoms with E-state index in [9.17, 15) is 22.4 Å². The van der Waals surface area contributed by atoms with E-state index in [1.165, 1.54) is 18.3 Å². The first-order valence-corrected chi connectivity index (χ1v) is 8.36. The zero-order valence-corrected chi connectivity index (χ0v) is 14.8. The molecule has 0 aliphatic heterocycles. The topological polar surface area (TPSA) is 77.2 Å². The van der Waals surface area contributed by atoms with Crippen LogP contribution in [0.3, 0.4) is 0 Å². The van der Waals surface area contributed by atoms with Gasteiger partial charge in [0, 0.05) is 12.7 Å². The number of nitrogens with two attached hydrogens (primary N) is 1. The molecule has 0 aliphatic rings. The second kappa shape index (κ2) is 8.17. The highest BCUT2D eigenvalue weighted by Gasteiger charge is 2.34. The molecule has 150 valence electrons. The van der Waals surface area contributed by atoms with Crippen LogP contribution in [-0.2, 0) is 12.7 Å². The molecule has 0 saturated carbocycles. The summed E-state index contributed by atoms with van der Waals surface area (Å²) in [4.78, 5) is 15.9. The molecule has 1 heterocycles. The molecule has 0 saturated heterocycles. The van der Waals surface area contributed by atoms with Gasteiger partial charge in [-0.3, -0.25) is 4.79 Å². The molecule has 5 nitrogen and oxygen atoms in total. The molecule has 0 aliphatic carbocycles. The van der Waals surface area contributed by atoms with Crippen molar-refractivity contribution in [3.05, 3.63) is 83.3 Å². The highest BCUT2D eigenvalue weighted by molar-refractivity contribution is 5.98. The summed E-state index contributed by atoms with van der Waals surface area (Å²) in [5, 5.41) is 2.69. The number of nitrogens with zero attached hydrogens (tertiary/aromatic N) is 1. The number of hydrogen-bond acceptors (Lipinski definition) is 4. The predicted molar refractivity (Wildman–Crippen MR) is 97.7 cm³/mol. The van der Waals surface area contributed by atoms with Crippen LogP contribution in [0.25, 0.3) is 0 Å². The van der Waals surface area contributed by atoms with Gasteiger partial charge in [-0.1, -0.05) is 12.1 Å². The van der Waals surface area contributed by atoms with Crippen molar-refractivity contribution in [2.24, 2.45) is 0 Å². The molecule has 3 rings (SSSR count). The Morgan fingerprint density at radius 1 is 1.07 bits per heavy atom. The van der Waals surface area contributed by atoms with Gasteiger partial charge in [0.05, 0.1) is 11.1 Å². The van der Waals surface area contributed by atoms with E-state index in [-0.39, 0.29) is 35.3 Å². The van der Waals surface area contributed by atoms with Crippen LogP contribution in [0.5, 0.6) is 11.5 Å². The van der Waals surface area contributed by atoms with Gasteiger partial charge in [-0.2, -0.15) is 13.2 Å². The van der Waals surface area contributed by atoms with Crippen molar-refractivity contribution in [2.45, 2.75) is 12.7 Å². The molecule has 1 aromatic heterocycles. The number of nitrogens with one attached hydrogen (secondary N) is 1. The fourth-order valence-corrected chi connectivity index (χ4v) is 2.48. The van der Waals surface area contributed by atoms with Gasteiger partial charge in [0.25, 0.3) is 5.91 Å². The molecule has 0 unspecified atom stereocenters. The molecule has 29 heavy (non-hydrogen) atoms. The van der Waals surface area contributed by atoms with Crippen LogP contribution in [-0.4, -0.2) is 10.9 Å². The molecule has 1 amide bonds. The minimum absolute atomic E-state index is 0.117. The van der Waals surface area contributed by atoms with E-state index in [4.69, 9.17) is 10.5 Å². The molecule has 0 spiro atoms. The first kappa shape index (κ1) is 20.1. The summed E-state index contributed by atoms with van der Waals surface area (Å²) in [5.74, 6) is -1.53. The molecule has 0 fully saturated rings. The third-order valence-corrected chi connectivity index (χ3v) is 3.94. The number of pyridine rings is 1. The van der Waals surface area contributed by atoms with Crippen molar-refractivity contribution < 1.29 is 27.1 Å². The molecular formula is C20H15F4N3O2. The molecule has 0 atom stereocenters. The monoisotopic (exact) mass is 405 g/mol. The van der Waals surface area contributed by atoms with Crippen molar-refractivity contribution in [2.75, 3.05) is 5.73 Å². The van der Waals surface area contributed by atoms with Crippen molar-refractivity contribution >= 4 is 11.7 Å². The second-order valence-corrected chi connectivity index (χ2v) is 6.00. The van der Waals surface area contributed by atoms with Crippen LogP contribution >= 0.6 is 0 Å². The van der Waals surface area contributed by atoms with E-state index in [0.717, 1.165) is 11.6 Å². The van der Waals surface area contributed by atoms with Gasteiger partial charge in [0.1, 0.15) is 23.1 Å². The van der Waals surface area contributed by atoms with E-state index < -0.39 is 17.6 Å². The Hall–Kier alpha value is -3.62. The third kappa shape index (κ3) is 5.01. The molecule has 0 bridgehead atoms. The number of benzene rings is 2. The number of nitrogen functional groups attached to an aromatic ring is 1. The average Bonchev–Trinajstić information content (AvgIpc) is 2.68. The number of amides is 1. The lowest BCUT2D eigenvalue weighted by atomic mass is 10.2. The van der Waals surface area contributed by atoms with Gasteiger partial charge in [-0.15, -0.1) is 0 Å². The normalized spacial score (nSPS) is 11.2. The van der Waals surface area contributed by atoms with Gasteiger partial charge in [0.15, 0.2) is 0 Å². The van der Waals surface area contributed by atoms with E-state index in [1.54, 1.807) is 24.3 Å². The number of carbonyl (C=O) groups excluding carboxylic acids is 1. The van der Waals surface area contributed by atoms with Gasteiger partial charge in [0.2, 0.25) is 0 Å². The summed E-state index contributed by atoms with van der Waals surface area (Å²) in [6, 6.07) is 11.9. The molecular weight excluding hydrogens is 390 g/mol. The minimum Gasteiger partial charge on any atom is -0.457 e. The van der Waals surface area contributed by atoms with Gasteiger partial charge < -0.3 is 15.8 Å². The molecule has 0 radical (unpaired) electrons. The van der Waals surface area contributed by atoms with Crippen LogP contribution in [0.15, 0.2) is 60.8 Å². The summed E-state index contributed by atoms with van der Waals surface area (Å²) in [6.07, 6.45) is -3.34. The van der Waals surface area contributed by atoms with Crippen LogP contribution in [0.2, 0.25) is 0 Å². The lowest BCUT2D eigenvalue weighted by molar-refractivity contribution is -0.140. The maximum atomic E-state index is 13.3. The minimum atomic E-state index is -4.82. The quantitative estimate of drug-likeness (QED) is 0.611. The maximum Gasteiger partial charge on any atom is 0.419 e. The largest absolute Gasteiger partial charge is 0.457 e. The first-order valence-electron chi connectivity index (χ1n) is 8.36. The highest BCUT2D eigenvalue weighted by Crippen LogP contribution is 2.34. The van der Waals surface area contributed by atoms with Crippen LogP contribution in [0.4, 0.5) is 23.4 Å². The SMILES string of the molecule is Nc1ncccc1C(=O)NCc1ccc(Oc2ccc(F)c(C(F)(F)F)c2)cc1. The number of anilines is 1. The number of ether oxygens (including phenoxy) is 1. The number of hydrogen-bond donors (Lipinski definition) is 2. The lowest BCUT2D eigenvalue weighted by Gasteiger charge is -2.11. The molecule has 3 aromatic rings. The highest BCUT2D eigenvalue weighted by atomic mass is 19.4. The Bertz CT molecular complexity index is 1020. The molecule has 3 N–H and O–H groups in total. The zero-order chi connectivity index (χ0) is 21.0. The van der Waals surface area contributed by atoms with E-state index in [2.05, 4.69) is 10.3 Å². The standard InChI is InChI=1S/C20H15F4N3O2/c21-17-8-7-14(10-16(17)20(22,23)24)29-13-5-3-12(4-6-13)11-27-19(28)15-2-1-9-26-18(15)25/h1-10H,11H2,(H2,25,26)(H,27,28). The Balaban J connectivity index is 1.64. The summed E-state index contributed by atoms with van der Waals surface area (Å²) in [6.45, 7) is 0.197. The Morgan fingerprint density at radius 3 is 2.41 bits per heavy atom. The zero-order valence-electron chi connectivity index (χ0n) is 14.8. The summed E-state index contributed by atoms with van der Waals surface area (Å²) in [5.41, 5.74) is 5.23. The van der Waals surface area contributed by atoms with Gasteiger partial charge in [-0.25, -0.2) is 9.37 Å². The fourth-order valence-electron chi connectivity index (χ4n) is 2.48. The van der Waals surface area contributed by atoms with Crippen LogP contribution in [0, 0.1) is 5.82 Å². The van der Waals surface area contributed by atoms with Crippen LogP contribution < -0.4 is 15.8 Å². The average molecular weight is 405 g/mol. The second-order valence-electron chi connectivity index (χ2n) is 6.00. The number of aromatic nitrogens is 1. The Kier molecular flexibility index (Phi) is 5.67. The van der Waals surface area contributed by atoms with E-state index >= 15 is 0 Å². The summed E-state index contributed by atoms with van der Waals surface area (Å²) >= 11 is 0.